The van der Waals surface area contributed by atoms with Crippen LogP contribution in [0.15, 0.2) is 11.2 Å². The second-order valence-electron chi connectivity index (χ2n) is 6.35. The molecule has 1 atom stereocenters. The highest BCUT2D eigenvalue weighted by molar-refractivity contribution is 7.98. The van der Waals surface area contributed by atoms with E-state index < -0.39 is 0 Å². The maximum atomic E-state index is 12.8. The molecule has 128 valence electrons. The summed E-state index contributed by atoms with van der Waals surface area (Å²) >= 11 is 1.54. The van der Waals surface area contributed by atoms with Crippen molar-refractivity contribution in [1.82, 2.24) is 20.0 Å². The van der Waals surface area contributed by atoms with Crippen molar-refractivity contribution in [3.05, 3.63) is 11.8 Å². The summed E-state index contributed by atoms with van der Waals surface area (Å²) < 4.78 is 1.74. The largest absolute Gasteiger partial charge is 0.356 e. The van der Waals surface area contributed by atoms with Crippen molar-refractivity contribution in [2.24, 2.45) is 18.9 Å². The minimum atomic E-state index is -0.00384. The fourth-order valence-corrected chi connectivity index (χ4v) is 3.52. The summed E-state index contributed by atoms with van der Waals surface area (Å²) in [4.78, 5) is 26.4. The third-order valence-corrected chi connectivity index (χ3v) is 5.07. The van der Waals surface area contributed by atoms with Crippen LogP contribution in [0.4, 0.5) is 0 Å². The number of piperidine rings is 1. The Hall–Kier alpha value is -1.50. The van der Waals surface area contributed by atoms with Gasteiger partial charge in [0.05, 0.1) is 11.8 Å². The molecule has 0 spiro atoms. The number of rotatable bonds is 5. The lowest BCUT2D eigenvalue weighted by Crippen LogP contribution is -2.44. The minimum Gasteiger partial charge on any atom is -0.356 e. The van der Waals surface area contributed by atoms with E-state index in [4.69, 9.17) is 0 Å². The van der Waals surface area contributed by atoms with Crippen molar-refractivity contribution in [3.8, 4) is 0 Å². The first-order valence-electron chi connectivity index (χ1n) is 8.07. The normalized spacial score (nSPS) is 18.3. The molecule has 0 saturated carbocycles. The van der Waals surface area contributed by atoms with Crippen LogP contribution in [0.5, 0.6) is 0 Å². The molecule has 1 saturated heterocycles. The summed E-state index contributed by atoms with van der Waals surface area (Å²) in [5, 5.41) is 8.07. The number of carbonyl (C=O) groups excluding carboxylic acids is 2. The Morgan fingerprint density at radius 3 is 2.87 bits per heavy atom. The lowest BCUT2D eigenvalue weighted by molar-refractivity contribution is -0.124. The number of nitrogens with zero attached hydrogens (tertiary/aromatic N) is 3. The predicted octanol–water partition coefficient (Wildman–Crippen LogP) is 1.77. The monoisotopic (exact) mass is 338 g/mol. The molecule has 1 aromatic rings. The molecule has 0 aromatic carbocycles. The second kappa shape index (κ2) is 7.86. The first-order valence-corrected chi connectivity index (χ1v) is 9.29. The SMILES string of the molecule is CSc1c(C(=O)N2CCC[C@H](CNC(=O)C(C)C)C2)cnn1C. The van der Waals surface area contributed by atoms with E-state index in [2.05, 4.69) is 10.4 Å². The van der Waals surface area contributed by atoms with Gasteiger partial charge in [-0.25, -0.2) is 0 Å². The molecule has 1 aliphatic heterocycles. The Labute approximate surface area is 142 Å². The molecule has 2 rings (SSSR count). The molecular formula is C16H26N4O2S. The van der Waals surface area contributed by atoms with Crippen LogP contribution < -0.4 is 5.32 Å². The smallest absolute Gasteiger partial charge is 0.258 e. The van der Waals surface area contributed by atoms with Crippen molar-refractivity contribution >= 4 is 23.6 Å². The van der Waals surface area contributed by atoms with E-state index in [0.717, 1.165) is 24.4 Å². The minimum absolute atomic E-state index is 0.00384. The molecule has 1 fully saturated rings. The average molecular weight is 338 g/mol. The van der Waals surface area contributed by atoms with Gasteiger partial charge in [-0.15, -0.1) is 11.8 Å². The first kappa shape index (κ1) is 17.8. The Morgan fingerprint density at radius 2 is 2.22 bits per heavy atom. The molecule has 7 heteroatoms. The number of likely N-dealkylation sites (tertiary alicyclic amines) is 1. The fraction of sp³-hybridized carbons (Fsp3) is 0.688. The first-order chi connectivity index (χ1) is 10.9. The van der Waals surface area contributed by atoms with Crippen LogP contribution in [-0.2, 0) is 11.8 Å². The zero-order chi connectivity index (χ0) is 17.0. The van der Waals surface area contributed by atoms with Gasteiger partial charge >= 0.3 is 0 Å². The zero-order valence-corrected chi connectivity index (χ0v) is 15.2. The lowest BCUT2D eigenvalue weighted by Gasteiger charge is -2.33. The number of amides is 2. The van der Waals surface area contributed by atoms with Crippen molar-refractivity contribution in [2.75, 3.05) is 25.9 Å². The topological polar surface area (TPSA) is 67.2 Å². The van der Waals surface area contributed by atoms with Crippen molar-refractivity contribution in [1.29, 1.82) is 0 Å². The number of nitrogens with one attached hydrogen (secondary N) is 1. The standard InChI is InChI=1S/C16H26N4O2S/c1-11(2)14(21)17-8-12-6-5-7-20(10-12)15(22)13-9-18-19(3)16(13)23-4/h9,11-12H,5-8,10H2,1-4H3,(H,17,21)/t12-/m1/s1. The maximum absolute atomic E-state index is 12.8. The molecule has 0 radical (unpaired) electrons. The molecule has 23 heavy (non-hydrogen) atoms. The zero-order valence-electron chi connectivity index (χ0n) is 14.3. The maximum Gasteiger partial charge on any atom is 0.258 e. The van der Waals surface area contributed by atoms with Crippen LogP contribution in [0.3, 0.4) is 0 Å². The molecule has 1 N–H and O–H groups in total. The van der Waals surface area contributed by atoms with E-state index in [0.29, 0.717) is 24.6 Å². The highest BCUT2D eigenvalue weighted by Crippen LogP contribution is 2.23. The fourth-order valence-electron chi connectivity index (χ4n) is 2.85. The highest BCUT2D eigenvalue weighted by atomic mass is 32.2. The van der Waals surface area contributed by atoms with Crippen LogP contribution in [0.1, 0.15) is 37.0 Å². The highest BCUT2D eigenvalue weighted by Gasteiger charge is 2.27. The van der Waals surface area contributed by atoms with Crippen molar-refractivity contribution < 1.29 is 9.59 Å². The van der Waals surface area contributed by atoms with E-state index in [1.54, 1.807) is 10.9 Å². The third-order valence-electron chi connectivity index (χ3n) is 4.20. The van der Waals surface area contributed by atoms with Crippen molar-refractivity contribution in [2.45, 2.75) is 31.7 Å². The van der Waals surface area contributed by atoms with E-state index in [1.807, 2.05) is 32.1 Å². The lowest BCUT2D eigenvalue weighted by atomic mass is 9.97. The van der Waals surface area contributed by atoms with Gasteiger partial charge < -0.3 is 10.2 Å². The molecule has 1 aliphatic rings. The summed E-state index contributed by atoms with van der Waals surface area (Å²) in [5.74, 6) is 0.438. The van der Waals surface area contributed by atoms with Gasteiger partial charge in [-0.3, -0.25) is 14.3 Å². The number of carbonyl (C=O) groups is 2. The Bertz CT molecular complexity index is 570. The molecule has 0 bridgehead atoms. The van der Waals surface area contributed by atoms with Crippen LogP contribution in [0.2, 0.25) is 0 Å². The average Bonchev–Trinajstić information content (AvgIpc) is 2.92. The van der Waals surface area contributed by atoms with Gasteiger partial charge in [-0.2, -0.15) is 5.10 Å². The number of thioether (sulfide) groups is 1. The van der Waals surface area contributed by atoms with Gasteiger partial charge in [0, 0.05) is 32.6 Å². The number of hydrogen-bond acceptors (Lipinski definition) is 4. The van der Waals surface area contributed by atoms with Gasteiger partial charge in [0.25, 0.3) is 5.91 Å². The predicted molar refractivity (Wildman–Crippen MR) is 91.5 cm³/mol. The molecule has 2 heterocycles. The van der Waals surface area contributed by atoms with E-state index in [9.17, 15) is 9.59 Å². The van der Waals surface area contributed by atoms with Gasteiger partial charge in [-0.1, -0.05) is 13.8 Å². The summed E-state index contributed by atoms with van der Waals surface area (Å²) in [6.07, 6.45) is 5.62. The van der Waals surface area contributed by atoms with Gasteiger partial charge in [0.1, 0.15) is 5.03 Å². The molecule has 0 aliphatic carbocycles. The molecular weight excluding hydrogens is 312 g/mol. The molecule has 0 unspecified atom stereocenters. The van der Waals surface area contributed by atoms with Crippen LogP contribution in [0.25, 0.3) is 0 Å². The molecule has 6 nitrogen and oxygen atoms in total. The molecule has 2 amide bonds. The summed E-state index contributed by atoms with van der Waals surface area (Å²) in [6, 6.07) is 0. The number of hydrogen-bond donors (Lipinski definition) is 1. The summed E-state index contributed by atoms with van der Waals surface area (Å²) in [5.41, 5.74) is 0.673. The number of aromatic nitrogens is 2. The van der Waals surface area contributed by atoms with Gasteiger partial charge in [-0.05, 0) is 25.0 Å². The van der Waals surface area contributed by atoms with Gasteiger partial charge in [0.2, 0.25) is 5.91 Å². The summed E-state index contributed by atoms with van der Waals surface area (Å²) in [6.45, 7) is 5.88. The Morgan fingerprint density at radius 1 is 1.48 bits per heavy atom. The second-order valence-corrected chi connectivity index (χ2v) is 7.15. The van der Waals surface area contributed by atoms with Crippen molar-refractivity contribution in [3.63, 3.8) is 0 Å². The van der Waals surface area contributed by atoms with E-state index in [1.165, 1.54) is 11.8 Å². The van der Waals surface area contributed by atoms with Gasteiger partial charge in [0.15, 0.2) is 0 Å². The van der Waals surface area contributed by atoms with Crippen LogP contribution in [0, 0.1) is 11.8 Å². The van der Waals surface area contributed by atoms with E-state index >= 15 is 0 Å². The Kier molecular flexibility index (Phi) is 6.10. The number of aryl methyl sites for hydroxylation is 1. The van der Waals surface area contributed by atoms with E-state index in [-0.39, 0.29) is 17.7 Å². The molecule has 1 aromatic heterocycles. The quantitative estimate of drug-likeness (QED) is 0.831. The summed E-state index contributed by atoms with van der Waals surface area (Å²) in [7, 11) is 1.85. The Balaban J connectivity index is 1.97. The van der Waals surface area contributed by atoms with Crippen LogP contribution in [-0.4, -0.2) is 52.4 Å². The third kappa shape index (κ3) is 4.28. The van der Waals surface area contributed by atoms with Crippen LogP contribution >= 0.6 is 11.8 Å².